The van der Waals surface area contributed by atoms with Crippen LogP contribution in [0.1, 0.15) is 26.3 Å². The largest absolute Gasteiger partial charge is 0.301 e. The quantitative estimate of drug-likeness (QED) is 0.828. The summed E-state index contributed by atoms with van der Waals surface area (Å²) in [6, 6.07) is 7.71. The summed E-state index contributed by atoms with van der Waals surface area (Å²) in [6.45, 7) is 7.38. The monoisotopic (exact) mass is 254 g/mol. The average Bonchev–Trinajstić information content (AvgIpc) is 2.57. The predicted molar refractivity (Wildman–Crippen MR) is 69.4 cm³/mol. The first-order chi connectivity index (χ1) is 7.81. The molecule has 1 aromatic carbocycles. The Balaban J connectivity index is 2.31. The van der Waals surface area contributed by atoms with Crippen molar-refractivity contribution in [2.24, 2.45) is 0 Å². The van der Waals surface area contributed by atoms with Crippen LogP contribution in [0.15, 0.2) is 24.3 Å². The van der Waals surface area contributed by atoms with Crippen LogP contribution in [-0.2, 0) is 15.6 Å². The predicted octanol–water partition coefficient (Wildman–Crippen LogP) is 1.64. The highest BCUT2D eigenvalue weighted by molar-refractivity contribution is 7.91. The van der Waals surface area contributed by atoms with Gasteiger partial charge in [0.1, 0.15) is 0 Å². The molecular weight excluding hydrogens is 236 g/mol. The van der Waals surface area contributed by atoms with Crippen molar-refractivity contribution in [3.05, 3.63) is 29.8 Å². The van der Waals surface area contributed by atoms with Crippen LogP contribution in [0.25, 0.3) is 0 Å². The molecule has 1 fully saturated rings. The van der Waals surface area contributed by atoms with Crippen molar-refractivity contribution in [3.63, 3.8) is 0 Å². The van der Waals surface area contributed by atoms with E-state index in [-0.39, 0.29) is 5.41 Å². The van der Waals surface area contributed by atoms with Gasteiger partial charge in [0.2, 0.25) is 0 Å². The maximum atomic E-state index is 11.7. The van der Waals surface area contributed by atoms with E-state index in [4.69, 9.17) is 0 Å². The Morgan fingerprint density at radius 2 is 1.76 bits per heavy atom. The molecule has 0 bridgehead atoms. The van der Waals surface area contributed by atoms with Gasteiger partial charge in [0.15, 0.2) is 0 Å². The lowest BCUT2D eigenvalue weighted by Crippen LogP contribution is -2.29. The van der Waals surface area contributed by atoms with Crippen LogP contribution in [0.2, 0.25) is 0 Å². The molecule has 0 aromatic heterocycles. The molecule has 0 aliphatic carbocycles. The maximum Gasteiger partial charge on any atom is 0.301 e. The summed E-state index contributed by atoms with van der Waals surface area (Å²) in [7, 11) is -3.31. The summed E-state index contributed by atoms with van der Waals surface area (Å²) in [6.07, 6.45) is 0. The molecule has 4 nitrogen and oxygen atoms in total. The van der Waals surface area contributed by atoms with E-state index >= 15 is 0 Å². The first kappa shape index (κ1) is 12.4. The second kappa shape index (κ2) is 3.99. The van der Waals surface area contributed by atoms with Gasteiger partial charge in [-0.1, -0.05) is 32.9 Å². The third-order valence-electron chi connectivity index (χ3n) is 2.91. The molecule has 0 amide bonds. The fourth-order valence-electron chi connectivity index (χ4n) is 1.87. The van der Waals surface area contributed by atoms with Gasteiger partial charge in [-0.05, 0) is 23.1 Å². The Kier molecular flexibility index (Phi) is 2.91. The zero-order valence-electron chi connectivity index (χ0n) is 10.4. The van der Waals surface area contributed by atoms with E-state index < -0.39 is 10.2 Å². The first-order valence-corrected chi connectivity index (χ1v) is 7.12. The van der Waals surface area contributed by atoms with E-state index in [9.17, 15) is 8.42 Å². The SMILES string of the molecule is CC(C)(C)c1ccc(N2CCNS2(=O)=O)cc1. The Bertz CT molecular complexity index is 500. The average molecular weight is 254 g/mol. The van der Waals surface area contributed by atoms with E-state index in [0.717, 1.165) is 5.69 Å². The standard InChI is InChI=1S/C12H18N2O2S/c1-12(2,3)10-4-6-11(7-5-10)14-9-8-13-17(14,15)16/h4-7,13H,8-9H2,1-3H3. The first-order valence-electron chi connectivity index (χ1n) is 5.68. The minimum absolute atomic E-state index is 0.0840. The molecule has 94 valence electrons. The zero-order valence-corrected chi connectivity index (χ0v) is 11.2. The molecule has 1 aromatic rings. The molecule has 0 atom stereocenters. The summed E-state index contributed by atoms with van der Waals surface area (Å²) < 4.78 is 27.2. The second-order valence-corrected chi connectivity index (χ2v) is 6.95. The van der Waals surface area contributed by atoms with E-state index in [0.29, 0.717) is 13.1 Å². The van der Waals surface area contributed by atoms with Gasteiger partial charge in [0.25, 0.3) is 0 Å². The molecule has 0 spiro atoms. The number of hydrogen-bond acceptors (Lipinski definition) is 2. The summed E-state index contributed by atoms with van der Waals surface area (Å²) in [5.41, 5.74) is 2.01. The van der Waals surface area contributed by atoms with Crippen molar-refractivity contribution in [1.29, 1.82) is 0 Å². The highest BCUT2D eigenvalue weighted by atomic mass is 32.2. The van der Waals surface area contributed by atoms with Gasteiger partial charge in [-0.25, -0.2) is 0 Å². The highest BCUT2D eigenvalue weighted by Crippen LogP contribution is 2.26. The minimum atomic E-state index is -3.31. The molecule has 2 rings (SSSR count). The zero-order chi connectivity index (χ0) is 12.7. The van der Waals surface area contributed by atoms with Crippen LogP contribution in [0.4, 0.5) is 5.69 Å². The van der Waals surface area contributed by atoms with Crippen LogP contribution in [0.3, 0.4) is 0 Å². The van der Waals surface area contributed by atoms with E-state index in [1.54, 1.807) is 0 Å². The number of nitrogens with one attached hydrogen (secondary N) is 1. The van der Waals surface area contributed by atoms with Gasteiger partial charge >= 0.3 is 10.2 Å². The Morgan fingerprint density at radius 1 is 1.18 bits per heavy atom. The van der Waals surface area contributed by atoms with Crippen molar-refractivity contribution in [1.82, 2.24) is 4.72 Å². The Hall–Kier alpha value is -1.07. The lowest BCUT2D eigenvalue weighted by atomic mass is 9.87. The molecule has 17 heavy (non-hydrogen) atoms. The van der Waals surface area contributed by atoms with Crippen molar-refractivity contribution in [2.75, 3.05) is 17.4 Å². The molecule has 1 saturated heterocycles. The Labute approximate surface area is 103 Å². The van der Waals surface area contributed by atoms with Crippen LogP contribution < -0.4 is 9.03 Å². The number of benzene rings is 1. The van der Waals surface area contributed by atoms with Crippen LogP contribution >= 0.6 is 0 Å². The topological polar surface area (TPSA) is 49.4 Å². The van der Waals surface area contributed by atoms with E-state index in [1.165, 1.54) is 9.87 Å². The smallest absolute Gasteiger partial charge is 0.257 e. The van der Waals surface area contributed by atoms with E-state index in [1.807, 2.05) is 24.3 Å². The third kappa shape index (κ3) is 2.45. The molecule has 0 unspecified atom stereocenters. The van der Waals surface area contributed by atoms with Crippen molar-refractivity contribution < 1.29 is 8.42 Å². The van der Waals surface area contributed by atoms with Gasteiger partial charge in [-0.3, -0.25) is 4.31 Å². The maximum absolute atomic E-state index is 11.7. The van der Waals surface area contributed by atoms with Crippen molar-refractivity contribution >= 4 is 15.9 Å². The second-order valence-electron chi connectivity index (χ2n) is 5.27. The fraction of sp³-hybridized carbons (Fsp3) is 0.500. The van der Waals surface area contributed by atoms with Gasteiger partial charge in [-0.15, -0.1) is 0 Å². The molecular formula is C12H18N2O2S. The molecule has 1 aliphatic heterocycles. The minimum Gasteiger partial charge on any atom is -0.257 e. The van der Waals surface area contributed by atoms with Gasteiger partial charge in [0.05, 0.1) is 5.69 Å². The number of anilines is 1. The lowest BCUT2D eigenvalue weighted by molar-refractivity contribution is 0.590. The highest BCUT2D eigenvalue weighted by Gasteiger charge is 2.27. The van der Waals surface area contributed by atoms with Crippen molar-refractivity contribution in [2.45, 2.75) is 26.2 Å². The molecule has 5 heteroatoms. The van der Waals surface area contributed by atoms with Gasteiger partial charge < -0.3 is 0 Å². The molecule has 1 aliphatic rings. The van der Waals surface area contributed by atoms with Crippen molar-refractivity contribution in [3.8, 4) is 0 Å². The summed E-state index contributed by atoms with van der Waals surface area (Å²) in [5.74, 6) is 0. The summed E-state index contributed by atoms with van der Waals surface area (Å²) in [5, 5.41) is 0. The normalized spacial score (nSPS) is 19.6. The summed E-state index contributed by atoms with van der Waals surface area (Å²) in [4.78, 5) is 0. The molecule has 1 N–H and O–H groups in total. The van der Waals surface area contributed by atoms with Crippen LogP contribution in [-0.4, -0.2) is 21.5 Å². The number of rotatable bonds is 1. The molecule has 0 radical (unpaired) electrons. The Morgan fingerprint density at radius 3 is 2.18 bits per heavy atom. The van der Waals surface area contributed by atoms with E-state index in [2.05, 4.69) is 25.5 Å². The van der Waals surface area contributed by atoms with Crippen LogP contribution in [0.5, 0.6) is 0 Å². The number of nitrogens with zero attached hydrogens (tertiary/aromatic N) is 1. The number of hydrogen-bond donors (Lipinski definition) is 1. The van der Waals surface area contributed by atoms with Crippen LogP contribution in [0, 0.1) is 0 Å². The van der Waals surface area contributed by atoms with Gasteiger partial charge in [0, 0.05) is 13.1 Å². The fourth-order valence-corrected chi connectivity index (χ4v) is 3.11. The third-order valence-corrected chi connectivity index (χ3v) is 4.45. The summed E-state index contributed by atoms with van der Waals surface area (Å²) >= 11 is 0. The molecule has 0 saturated carbocycles. The molecule has 1 heterocycles. The lowest BCUT2D eigenvalue weighted by Gasteiger charge is -2.21. The van der Waals surface area contributed by atoms with Gasteiger partial charge in [-0.2, -0.15) is 13.1 Å².